The minimum atomic E-state index is -0.0106. The van der Waals surface area contributed by atoms with Gasteiger partial charge in [0.1, 0.15) is 0 Å². The maximum Gasteiger partial charge on any atom is 0.161 e. The third-order valence-corrected chi connectivity index (χ3v) is 5.50. The number of hydrogen-bond acceptors (Lipinski definition) is 3. The van der Waals surface area contributed by atoms with Crippen LogP contribution in [0.5, 0.6) is 0 Å². The molecule has 0 spiro atoms. The summed E-state index contributed by atoms with van der Waals surface area (Å²) in [5, 5.41) is 9.94. The van der Waals surface area contributed by atoms with Crippen LogP contribution in [-0.2, 0) is 5.41 Å². The van der Waals surface area contributed by atoms with Gasteiger partial charge in [-0.15, -0.1) is 5.10 Å². The summed E-state index contributed by atoms with van der Waals surface area (Å²) >= 11 is 6.02. The molecule has 3 nitrogen and oxygen atoms in total. The number of rotatable bonds is 4. The Kier molecular flexibility index (Phi) is 2.67. The summed E-state index contributed by atoms with van der Waals surface area (Å²) < 4.78 is 0. The first kappa shape index (κ1) is 13.0. The lowest BCUT2D eigenvalue weighted by Crippen LogP contribution is -2.17. The average molecular weight is 312 g/mol. The van der Waals surface area contributed by atoms with E-state index >= 15 is 0 Å². The fraction of sp³-hybridized carbons (Fsp3) is 0.500. The molecule has 5 rings (SSSR count). The quantitative estimate of drug-likeness (QED) is 0.842. The Morgan fingerprint density at radius 2 is 1.50 bits per heavy atom. The second-order valence-electron chi connectivity index (χ2n) is 7.04. The first-order valence-corrected chi connectivity index (χ1v) is 8.65. The predicted octanol–water partition coefficient (Wildman–Crippen LogP) is 4.36. The average Bonchev–Trinajstić information content (AvgIpc) is 3.41. The van der Waals surface area contributed by atoms with E-state index in [1.807, 2.05) is 12.1 Å². The summed E-state index contributed by atoms with van der Waals surface area (Å²) in [6, 6.07) is 8.16. The van der Waals surface area contributed by atoms with Gasteiger partial charge in [0, 0.05) is 16.9 Å². The summed E-state index contributed by atoms with van der Waals surface area (Å²) in [6.45, 7) is 0. The molecule has 0 bridgehead atoms. The van der Waals surface area contributed by atoms with Crippen LogP contribution in [0.2, 0.25) is 5.02 Å². The fourth-order valence-corrected chi connectivity index (χ4v) is 3.51. The van der Waals surface area contributed by atoms with E-state index in [2.05, 4.69) is 22.3 Å². The van der Waals surface area contributed by atoms with Gasteiger partial charge in [-0.25, -0.2) is 4.98 Å². The lowest BCUT2D eigenvalue weighted by atomic mass is 9.95. The fourth-order valence-electron chi connectivity index (χ4n) is 3.39. The highest BCUT2D eigenvalue weighted by Gasteiger charge is 2.50. The first-order valence-electron chi connectivity index (χ1n) is 8.27. The van der Waals surface area contributed by atoms with E-state index in [4.69, 9.17) is 16.6 Å². The van der Waals surface area contributed by atoms with Crippen molar-refractivity contribution in [2.75, 3.05) is 0 Å². The lowest BCUT2D eigenvalue weighted by Gasteiger charge is -2.16. The number of halogens is 1. The third-order valence-electron chi connectivity index (χ3n) is 5.24. The van der Waals surface area contributed by atoms with Crippen molar-refractivity contribution in [2.24, 2.45) is 0 Å². The predicted molar refractivity (Wildman–Crippen MR) is 85.2 cm³/mol. The van der Waals surface area contributed by atoms with Gasteiger partial charge in [-0.2, -0.15) is 5.10 Å². The Balaban J connectivity index is 1.57. The molecule has 0 atom stereocenters. The van der Waals surface area contributed by atoms with Crippen molar-refractivity contribution in [1.29, 1.82) is 0 Å². The summed E-state index contributed by atoms with van der Waals surface area (Å²) in [5.74, 6) is 2.21. The van der Waals surface area contributed by atoms with Gasteiger partial charge < -0.3 is 0 Å². The van der Waals surface area contributed by atoms with E-state index in [9.17, 15) is 0 Å². The zero-order chi connectivity index (χ0) is 14.7. The molecule has 0 aliphatic heterocycles. The molecule has 3 fully saturated rings. The van der Waals surface area contributed by atoms with Crippen LogP contribution in [0, 0.1) is 0 Å². The Morgan fingerprint density at radius 3 is 2.09 bits per heavy atom. The number of nitrogens with zero attached hydrogens (tertiary/aromatic N) is 3. The smallest absolute Gasteiger partial charge is 0.161 e. The van der Waals surface area contributed by atoms with Gasteiger partial charge in [0.15, 0.2) is 5.82 Å². The van der Waals surface area contributed by atoms with Crippen LogP contribution < -0.4 is 0 Å². The van der Waals surface area contributed by atoms with Crippen LogP contribution in [0.25, 0.3) is 0 Å². The van der Waals surface area contributed by atoms with E-state index in [0.717, 1.165) is 23.7 Å². The summed E-state index contributed by atoms with van der Waals surface area (Å²) in [4.78, 5) is 5.02. The van der Waals surface area contributed by atoms with Gasteiger partial charge in [-0.3, -0.25) is 0 Å². The van der Waals surface area contributed by atoms with Gasteiger partial charge in [0.25, 0.3) is 0 Å². The molecule has 22 heavy (non-hydrogen) atoms. The summed E-state index contributed by atoms with van der Waals surface area (Å²) in [6.07, 6.45) is 7.29. The molecule has 1 aromatic heterocycles. The molecule has 0 amide bonds. The van der Waals surface area contributed by atoms with Crippen molar-refractivity contribution in [2.45, 2.75) is 55.8 Å². The topological polar surface area (TPSA) is 38.7 Å². The van der Waals surface area contributed by atoms with Crippen LogP contribution in [0.3, 0.4) is 0 Å². The number of hydrogen-bond donors (Lipinski definition) is 0. The summed E-state index contributed by atoms with van der Waals surface area (Å²) in [5.41, 5.74) is 3.72. The zero-order valence-corrected chi connectivity index (χ0v) is 13.2. The Labute approximate surface area is 135 Å². The number of aromatic nitrogens is 3. The number of benzene rings is 1. The highest BCUT2D eigenvalue weighted by Crippen LogP contribution is 2.53. The van der Waals surface area contributed by atoms with Crippen molar-refractivity contribution in [3.05, 3.63) is 52.1 Å². The van der Waals surface area contributed by atoms with E-state index in [1.54, 1.807) is 0 Å². The second-order valence-corrected chi connectivity index (χ2v) is 7.48. The lowest BCUT2D eigenvalue weighted by molar-refractivity contribution is 0.679. The van der Waals surface area contributed by atoms with Crippen LogP contribution in [0.15, 0.2) is 24.3 Å². The molecule has 0 unspecified atom stereocenters. The highest BCUT2D eigenvalue weighted by molar-refractivity contribution is 6.30. The van der Waals surface area contributed by atoms with E-state index in [-0.39, 0.29) is 5.41 Å². The van der Waals surface area contributed by atoms with Gasteiger partial charge in [0.05, 0.1) is 16.8 Å². The van der Waals surface area contributed by atoms with Crippen molar-refractivity contribution >= 4 is 11.6 Å². The van der Waals surface area contributed by atoms with E-state index < -0.39 is 0 Å². The largest absolute Gasteiger partial charge is 0.233 e. The van der Waals surface area contributed by atoms with Crippen molar-refractivity contribution in [1.82, 2.24) is 15.2 Å². The molecular weight excluding hydrogens is 294 g/mol. The molecule has 1 aromatic carbocycles. The van der Waals surface area contributed by atoms with Crippen LogP contribution in [0.1, 0.15) is 73.1 Å². The SMILES string of the molecule is Clc1ccc(C2(c3nnc(C4CC4)c(C4CC4)n3)CC2)cc1. The highest BCUT2D eigenvalue weighted by atomic mass is 35.5. The third kappa shape index (κ3) is 2.06. The van der Waals surface area contributed by atoms with E-state index in [0.29, 0.717) is 11.8 Å². The van der Waals surface area contributed by atoms with Crippen LogP contribution in [0.4, 0.5) is 0 Å². The minimum Gasteiger partial charge on any atom is -0.233 e. The van der Waals surface area contributed by atoms with Crippen molar-refractivity contribution < 1.29 is 0 Å². The Morgan fingerprint density at radius 1 is 0.864 bits per heavy atom. The minimum absolute atomic E-state index is 0.0106. The molecule has 1 heterocycles. The zero-order valence-electron chi connectivity index (χ0n) is 12.4. The van der Waals surface area contributed by atoms with Crippen molar-refractivity contribution in [3.63, 3.8) is 0 Å². The molecule has 4 heteroatoms. The monoisotopic (exact) mass is 311 g/mol. The molecule has 0 saturated heterocycles. The Bertz CT molecular complexity index is 728. The first-order chi connectivity index (χ1) is 10.8. The molecular formula is C18H18ClN3. The van der Waals surface area contributed by atoms with Gasteiger partial charge >= 0.3 is 0 Å². The maximum absolute atomic E-state index is 6.02. The van der Waals surface area contributed by atoms with E-state index in [1.165, 1.54) is 42.6 Å². The molecule has 0 radical (unpaired) electrons. The standard InChI is InChI=1S/C18H18ClN3/c19-14-7-5-13(6-8-14)18(9-10-18)17-20-15(11-1-2-11)16(21-22-17)12-3-4-12/h5-8,11-12H,1-4,9-10H2. The Hall–Kier alpha value is -1.48. The summed E-state index contributed by atoms with van der Waals surface area (Å²) in [7, 11) is 0. The maximum atomic E-state index is 6.02. The second kappa shape index (κ2) is 4.51. The van der Waals surface area contributed by atoms with Crippen LogP contribution >= 0.6 is 11.6 Å². The molecule has 3 aliphatic rings. The van der Waals surface area contributed by atoms with Gasteiger partial charge in [0.2, 0.25) is 0 Å². The molecule has 3 saturated carbocycles. The van der Waals surface area contributed by atoms with Gasteiger partial charge in [-0.1, -0.05) is 23.7 Å². The van der Waals surface area contributed by atoms with Crippen LogP contribution in [-0.4, -0.2) is 15.2 Å². The molecule has 3 aliphatic carbocycles. The normalized spacial score (nSPS) is 22.6. The molecule has 0 N–H and O–H groups in total. The molecule has 112 valence electrons. The van der Waals surface area contributed by atoms with Gasteiger partial charge in [-0.05, 0) is 56.2 Å². The molecule has 2 aromatic rings. The van der Waals surface area contributed by atoms with Crippen molar-refractivity contribution in [3.8, 4) is 0 Å².